The third kappa shape index (κ3) is 2.61. The molecule has 0 aromatic heterocycles. The van der Waals surface area contributed by atoms with Crippen molar-refractivity contribution in [2.75, 3.05) is 7.11 Å². The molecular formula is C8H7BF5O-. The van der Waals surface area contributed by atoms with Gasteiger partial charge in [0.1, 0.15) is 5.75 Å². The van der Waals surface area contributed by atoms with Gasteiger partial charge in [0.2, 0.25) is 0 Å². The molecule has 7 heteroatoms. The largest absolute Gasteiger partial charge is 0.510 e. The molecule has 0 N–H and O–H groups in total. The van der Waals surface area contributed by atoms with Crippen LogP contribution in [0.4, 0.5) is 21.7 Å². The van der Waals surface area contributed by atoms with Crippen LogP contribution < -0.4 is 10.2 Å². The number of alkyl halides is 2. The van der Waals surface area contributed by atoms with Crippen LogP contribution >= 0.6 is 0 Å². The van der Waals surface area contributed by atoms with E-state index in [-0.39, 0.29) is 5.75 Å². The van der Waals surface area contributed by atoms with E-state index in [1.807, 2.05) is 0 Å². The molecule has 1 aromatic carbocycles. The number of hydrogen-bond acceptors (Lipinski definition) is 1. The summed E-state index contributed by atoms with van der Waals surface area (Å²) >= 11 is 0. The summed E-state index contributed by atoms with van der Waals surface area (Å²) in [5, 5.41) is 0. The second-order valence-corrected chi connectivity index (χ2v) is 2.87. The monoisotopic (exact) mass is 225 g/mol. The van der Waals surface area contributed by atoms with Crippen LogP contribution in [0.25, 0.3) is 0 Å². The molecule has 0 bridgehead atoms. The summed E-state index contributed by atoms with van der Waals surface area (Å²) in [4.78, 5) is 0. The molecule has 0 heterocycles. The summed E-state index contributed by atoms with van der Waals surface area (Å²) in [7, 11) is 1.17. The third-order valence-corrected chi connectivity index (χ3v) is 1.88. The smallest absolute Gasteiger partial charge is 0.497 e. The van der Waals surface area contributed by atoms with Gasteiger partial charge in [-0.2, -0.15) is 0 Å². The van der Waals surface area contributed by atoms with E-state index < -0.39 is 24.4 Å². The van der Waals surface area contributed by atoms with Crippen LogP contribution in [-0.4, -0.2) is 14.1 Å². The summed E-state index contributed by atoms with van der Waals surface area (Å²) in [6.07, 6.45) is -3.14. The quantitative estimate of drug-likeness (QED) is 0.567. The average molecular weight is 225 g/mol. The molecule has 0 aliphatic rings. The standard InChI is InChI=1S/C8H7BF5O/c1-15-5-2-3-6(8(10)11)7(4-5)9(12,13)14/h2-4,8H,1H3/q-1. The van der Waals surface area contributed by atoms with Gasteiger partial charge in [0.05, 0.1) is 7.11 Å². The lowest BCUT2D eigenvalue weighted by Gasteiger charge is -2.20. The first-order chi connectivity index (χ1) is 6.86. The minimum atomic E-state index is -5.45. The van der Waals surface area contributed by atoms with E-state index in [9.17, 15) is 21.7 Å². The number of ether oxygens (including phenoxy) is 1. The topological polar surface area (TPSA) is 9.23 Å². The van der Waals surface area contributed by atoms with Gasteiger partial charge in [-0.15, -0.1) is 0 Å². The molecule has 0 atom stereocenters. The molecule has 1 aromatic rings. The summed E-state index contributed by atoms with van der Waals surface area (Å²) in [5.41, 5.74) is -2.31. The van der Waals surface area contributed by atoms with Gasteiger partial charge in [-0.25, -0.2) is 8.78 Å². The van der Waals surface area contributed by atoms with Crippen molar-refractivity contribution in [3.05, 3.63) is 23.8 Å². The van der Waals surface area contributed by atoms with Crippen molar-refractivity contribution in [3.63, 3.8) is 0 Å². The zero-order valence-corrected chi connectivity index (χ0v) is 7.68. The van der Waals surface area contributed by atoms with Crippen LogP contribution in [0.5, 0.6) is 5.75 Å². The van der Waals surface area contributed by atoms with Gasteiger partial charge in [0, 0.05) is 0 Å². The first-order valence-electron chi connectivity index (χ1n) is 4.02. The van der Waals surface area contributed by atoms with Gasteiger partial charge in [-0.1, -0.05) is 11.5 Å². The van der Waals surface area contributed by atoms with E-state index in [0.717, 1.165) is 12.1 Å². The van der Waals surface area contributed by atoms with E-state index in [4.69, 9.17) is 0 Å². The zero-order valence-electron chi connectivity index (χ0n) is 7.68. The van der Waals surface area contributed by atoms with Crippen molar-refractivity contribution in [1.29, 1.82) is 0 Å². The number of halogens is 5. The Kier molecular flexibility index (Phi) is 3.21. The number of methoxy groups -OCH3 is 1. The maximum atomic E-state index is 12.4. The van der Waals surface area contributed by atoms with Crippen LogP contribution in [0.15, 0.2) is 18.2 Å². The first-order valence-corrected chi connectivity index (χ1v) is 4.02. The molecule has 1 rings (SSSR count). The minimum Gasteiger partial charge on any atom is -0.497 e. The summed E-state index contributed by atoms with van der Waals surface area (Å²) in [6.45, 7) is -5.45. The zero-order chi connectivity index (χ0) is 11.6. The molecule has 0 radical (unpaired) electrons. The Hall–Kier alpha value is -1.27. The lowest BCUT2D eigenvalue weighted by atomic mass is 9.77. The Morgan fingerprint density at radius 1 is 1.20 bits per heavy atom. The summed E-state index contributed by atoms with van der Waals surface area (Å²) < 4.78 is 66.3. The van der Waals surface area contributed by atoms with Crippen molar-refractivity contribution in [3.8, 4) is 5.75 Å². The Bertz CT molecular complexity index is 349. The fourth-order valence-electron chi connectivity index (χ4n) is 1.16. The summed E-state index contributed by atoms with van der Waals surface area (Å²) in [5.74, 6) is -0.0893. The number of rotatable bonds is 3. The van der Waals surface area contributed by atoms with Gasteiger partial charge in [0.25, 0.3) is 6.43 Å². The second kappa shape index (κ2) is 4.08. The molecule has 0 aliphatic heterocycles. The van der Waals surface area contributed by atoms with Gasteiger partial charge in [0.15, 0.2) is 0 Å². The average Bonchev–Trinajstić information content (AvgIpc) is 2.15. The first kappa shape index (κ1) is 11.8. The second-order valence-electron chi connectivity index (χ2n) is 2.87. The fourth-order valence-corrected chi connectivity index (χ4v) is 1.16. The molecule has 84 valence electrons. The predicted molar refractivity (Wildman–Crippen MR) is 46.7 cm³/mol. The highest BCUT2D eigenvalue weighted by Crippen LogP contribution is 2.24. The van der Waals surface area contributed by atoms with Crippen molar-refractivity contribution in [2.45, 2.75) is 6.43 Å². The van der Waals surface area contributed by atoms with Crippen molar-refractivity contribution < 1.29 is 26.5 Å². The van der Waals surface area contributed by atoms with Crippen LogP contribution in [0.3, 0.4) is 0 Å². The van der Waals surface area contributed by atoms with Crippen molar-refractivity contribution in [2.24, 2.45) is 0 Å². The molecule has 0 saturated carbocycles. The molecule has 15 heavy (non-hydrogen) atoms. The number of hydrogen-bond donors (Lipinski definition) is 0. The molecular weight excluding hydrogens is 218 g/mol. The molecule has 0 spiro atoms. The van der Waals surface area contributed by atoms with E-state index in [2.05, 4.69) is 4.74 Å². The number of benzene rings is 1. The highest BCUT2D eigenvalue weighted by molar-refractivity contribution is 6.74. The van der Waals surface area contributed by atoms with Gasteiger partial charge >= 0.3 is 6.98 Å². The van der Waals surface area contributed by atoms with E-state index >= 15 is 0 Å². The van der Waals surface area contributed by atoms with Crippen LogP contribution in [0.1, 0.15) is 12.0 Å². The van der Waals surface area contributed by atoms with Crippen molar-refractivity contribution >= 4 is 12.4 Å². The van der Waals surface area contributed by atoms with E-state index in [0.29, 0.717) is 6.07 Å². The van der Waals surface area contributed by atoms with Crippen LogP contribution in [-0.2, 0) is 0 Å². The Morgan fingerprint density at radius 2 is 1.80 bits per heavy atom. The Balaban J connectivity index is 3.29. The molecule has 0 amide bonds. The minimum absolute atomic E-state index is 0.0893. The van der Waals surface area contributed by atoms with Gasteiger partial charge in [-0.05, 0) is 17.7 Å². The Morgan fingerprint density at radius 3 is 2.20 bits per heavy atom. The lowest BCUT2D eigenvalue weighted by molar-refractivity contribution is 0.152. The molecule has 0 aliphatic carbocycles. The molecule has 0 fully saturated rings. The normalized spacial score (nSPS) is 11.9. The summed E-state index contributed by atoms with van der Waals surface area (Å²) in [6, 6.07) is 2.39. The maximum Gasteiger partial charge on any atom is 0.510 e. The van der Waals surface area contributed by atoms with Crippen LogP contribution in [0.2, 0.25) is 0 Å². The third-order valence-electron chi connectivity index (χ3n) is 1.88. The molecule has 0 saturated heterocycles. The Labute approximate surface area is 82.9 Å². The van der Waals surface area contributed by atoms with Crippen molar-refractivity contribution in [1.82, 2.24) is 0 Å². The fraction of sp³-hybridized carbons (Fsp3) is 0.250. The molecule has 1 nitrogen and oxygen atoms in total. The van der Waals surface area contributed by atoms with Gasteiger partial charge < -0.3 is 17.7 Å². The van der Waals surface area contributed by atoms with Gasteiger partial charge in [-0.3, -0.25) is 0 Å². The predicted octanol–water partition coefficient (Wildman–Crippen LogP) is 2.69. The SMILES string of the molecule is COc1ccc(C(F)F)c([B-](F)(F)F)c1. The highest BCUT2D eigenvalue weighted by atomic mass is 19.4. The maximum absolute atomic E-state index is 12.4. The van der Waals surface area contributed by atoms with E-state index in [1.54, 1.807) is 0 Å². The van der Waals surface area contributed by atoms with E-state index in [1.165, 1.54) is 7.11 Å². The lowest BCUT2D eigenvalue weighted by Crippen LogP contribution is -2.37. The highest BCUT2D eigenvalue weighted by Gasteiger charge is 2.31. The molecule has 0 unspecified atom stereocenters. The van der Waals surface area contributed by atoms with Crippen LogP contribution in [0, 0.1) is 0 Å².